The average molecular weight is 269 g/mol. The molecule has 4 rings (SSSR count). The Morgan fingerprint density at radius 3 is 2.95 bits per heavy atom. The van der Waals surface area contributed by atoms with Crippen LogP contribution >= 0.6 is 0 Å². The maximum absolute atomic E-state index is 5.99. The molecule has 1 aliphatic carbocycles. The van der Waals surface area contributed by atoms with Crippen LogP contribution < -0.4 is 0 Å². The van der Waals surface area contributed by atoms with Crippen LogP contribution in [0.15, 0.2) is 12.1 Å². The van der Waals surface area contributed by atoms with Crippen LogP contribution in [0.1, 0.15) is 61.1 Å². The summed E-state index contributed by atoms with van der Waals surface area (Å²) in [4.78, 5) is 3.75. The van der Waals surface area contributed by atoms with Gasteiger partial charge in [-0.3, -0.25) is 0 Å². The average Bonchev–Trinajstić information content (AvgIpc) is 2.88. The topological polar surface area (TPSA) is 25.0 Å². The molecular formula is C18H23NO. The second-order valence-corrected chi connectivity index (χ2v) is 6.25. The van der Waals surface area contributed by atoms with Crippen molar-refractivity contribution in [1.82, 2.24) is 4.98 Å². The molecule has 1 atom stereocenters. The lowest BCUT2D eigenvalue weighted by Gasteiger charge is -2.22. The number of aromatic nitrogens is 1. The monoisotopic (exact) mass is 269 g/mol. The molecule has 1 N–H and O–H groups in total. The van der Waals surface area contributed by atoms with Crippen LogP contribution in [0.3, 0.4) is 0 Å². The fourth-order valence-corrected chi connectivity index (χ4v) is 4.00. The lowest BCUT2D eigenvalue weighted by atomic mass is 9.89. The second kappa shape index (κ2) is 4.92. The predicted octanol–water partition coefficient (Wildman–Crippen LogP) is 4.46. The highest BCUT2D eigenvalue weighted by Gasteiger charge is 2.26. The molecule has 0 bridgehead atoms. The van der Waals surface area contributed by atoms with Crippen LogP contribution in [-0.2, 0) is 24.0 Å². The van der Waals surface area contributed by atoms with E-state index in [9.17, 15) is 0 Å². The molecular weight excluding hydrogens is 246 g/mol. The number of rotatable bonds is 2. The van der Waals surface area contributed by atoms with E-state index >= 15 is 0 Å². The zero-order valence-corrected chi connectivity index (χ0v) is 12.3. The first-order valence-corrected chi connectivity index (χ1v) is 8.15. The van der Waals surface area contributed by atoms with Crippen molar-refractivity contribution in [2.24, 2.45) is 0 Å². The molecule has 1 aromatic heterocycles. The molecule has 2 heteroatoms. The fourth-order valence-electron chi connectivity index (χ4n) is 4.00. The van der Waals surface area contributed by atoms with E-state index in [1.54, 1.807) is 11.1 Å². The Bertz CT molecular complexity index is 640. The van der Waals surface area contributed by atoms with Gasteiger partial charge in [0.25, 0.3) is 0 Å². The van der Waals surface area contributed by atoms with Gasteiger partial charge in [-0.1, -0.05) is 25.5 Å². The van der Waals surface area contributed by atoms with Gasteiger partial charge in [-0.2, -0.15) is 0 Å². The zero-order chi connectivity index (χ0) is 13.5. The number of aryl methyl sites for hydroxylation is 2. The van der Waals surface area contributed by atoms with Gasteiger partial charge in [-0.05, 0) is 55.2 Å². The van der Waals surface area contributed by atoms with Crippen molar-refractivity contribution in [2.45, 2.75) is 58.0 Å². The van der Waals surface area contributed by atoms with Crippen molar-refractivity contribution in [3.63, 3.8) is 0 Å². The molecule has 2 aliphatic rings. The molecule has 0 amide bonds. The van der Waals surface area contributed by atoms with Crippen molar-refractivity contribution in [2.75, 3.05) is 6.61 Å². The molecule has 2 heterocycles. The van der Waals surface area contributed by atoms with E-state index in [1.807, 2.05) is 0 Å². The van der Waals surface area contributed by atoms with E-state index in [4.69, 9.17) is 4.74 Å². The van der Waals surface area contributed by atoms with E-state index in [-0.39, 0.29) is 6.10 Å². The first kappa shape index (κ1) is 12.5. The van der Waals surface area contributed by atoms with Crippen molar-refractivity contribution in [1.29, 1.82) is 0 Å². The Labute approximate surface area is 120 Å². The highest BCUT2D eigenvalue weighted by molar-refractivity contribution is 5.89. The number of hydrogen-bond acceptors (Lipinski definition) is 1. The number of H-pyrrole nitrogens is 1. The van der Waals surface area contributed by atoms with Crippen molar-refractivity contribution < 1.29 is 4.74 Å². The number of aromatic amines is 1. The van der Waals surface area contributed by atoms with Crippen LogP contribution in [0.2, 0.25) is 0 Å². The lowest BCUT2D eigenvalue weighted by Crippen LogP contribution is -2.15. The summed E-state index contributed by atoms with van der Waals surface area (Å²) in [7, 11) is 0. The van der Waals surface area contributed by atoms with Gasteiger partial charge in [0.1, 0.15) is 0 Å². The number of hydrogen-bond donors (Lipinski definition) is 1. The maximum Gasteiger partial charge on any atom is 0.0975 e. The molecule has 106 valence electrons. The Hall–Kier alpha value is -1.28. The summed E-state index contributed by atoms with van der Waals surface area (Å²) in [6.45, 7) is 3.11. The van der Waals surface area contributed by atoms with Gasteiger partial charge in [0.2, 0.25) is 0 Å². The number of benzene rings is 1. The third kappa shape index (κ3) is 1.81. The van der Waals surface area contributed by atoms with Crippen LogP contribution in [-0.4, -0.2) is 11.6 Å². The van der Waals surface area contributed by atoms with Crippen molar-refractivity contribution in [3.05, 3.63) is 34.5 Å². The van der Waals surface area contributed by atoms with E-state index in [0.717, 1.165) is 19.4 Å². The minimum absolute atomic E-state index is 0.287. The Balaban J connectivity index is 1.90. The summed E-state index contributed by atoms with van der Waals surface area (Å²) < 4.78 is 5.99. The first-order valence-electron chi connectivity index (χ1n) is 8.15. The Morgan fingerprint density at radius 2 is 2.05 bits per heavy atom. The minimum Gasteiger partial charge on any atom is -0.372 e. The van der Waals surface area contributed by atoms with E-state index < -0.39 is 0 Å². The smallest absolute Gasteiger partial charge is 0.0975 e. The number of ether oxygens (including phenoxy) is 1. The Kier molecular flexibility index (Phi) is 3.07. The van der Waals surface area contributed by atoms with Crippen LogP contribution in [0.4, 0.5) is 0 Å². The summed E-state index contributed by atoms with van der Waals surface area (Å²) in [5.41, 5.74) is 7.46. The van der Waals surface area contributed by atoms with Crippen molar-refractivity contribution in [3.8, 4) is 0 Å². The van der Waals surface area contributed by atoms with Gasteiger partial charge < -0.3 is 9.72 Å². The number of fused-ring (bicyclic) bond motifs is 5. The summed E-state index contributed by atoms with van der Waals surface area (Å²) in [6, 6.07) is 4.72. The lowest BCUT2D eigenvalue weighted by molar-refractivity contribution is 0.0339. The highest BCUT2D eigenvalue weighted by Crippen LogP contribution is 2.38. The quantitative estimate of drug-likeness (QED) is 0.855. The summed E-state index contributed by atoms with van der Waals surface area (Å²) >= 11 is 0. The standard InChI is InChI=1S/C18H23NO/c1-2-5-16-18-15(10-11-20-16)14-9-8-12-6-3-4-7-13(12)17(14)19-18/h8-9,16,19H,2-7,10-11H2,1H3. The molecule has 0 saturated heterocycles. The molecule has 1 unspecified atom stereocenters. The molecule has 20 heavy (non-hydrogen) atoms. The molecule has 0 fully saturated rings. The SMILES string of the molecule is CCCC1OCCc2c1[nH]c1c3c(ccc21)CCCC3. The fraction of sp³-hybridized carbons (Fsp3) is 0.556. The van der Waals surface area contributed by atoms with E-state index in [0.29, 0.717) is 0 Å². The summed E-state index contributed by atoms with van der Waals surface area (Å²) in [5, 5.41) is 1.46. The van der Waals surface area contributed by atoms with Gasteiger partial charge in [0.05, 0.1) is 12.7 Å². The van der Waals surface area contributed by atoms with Crippen LogP contribution in [0, 0.1) is 0 Å². The predicted molar refractivity (Wildman–Crippen MR) is 82.2 cm³/mol. The largest absolute Gasteiger partial charge is 0.372 e. The Morgan fingerprint density at radius 1 is 1.15 bits per heavy atom. The van der Waals surface area contributed by atoms with Gasteiger partial charge >= 0.3 is 0 Å². The van der Waals surface area contributed by atoms with Crippen LogP contribution in [0.5, 0.6) is 0 Å². The third-order valence-electron chi connectivity index (χ3n) is 4.99. The molecule has 2 nitrogen and oxygen atoms in total. The van der Waals surface area contributed by atoms with Gasteiger partial charge in [0, 0.05) is 16.6 Å². The first-order chi connectivity index (χ1) is 9.88. The van der Waals surface area contributed by atoms with Gasteiger partial charge in [-0.25, -0.2) is 0 Å². The molecule has 1 aromatic carbocycles. The van der Waals surface area contributed by atoms with E-state index in [2.05, 4.69) is 24.0 Å². The second-order valence-electron chi connectivity index (χ2n) is 6.25. The summed E-state index contributed by atoms with van der Waals surface area (Å²) in [5.74, 6) is 0. The third-order valence-corrected chi connectivity index (χ3v) is 4.99. The van der Waals surface area contributed by atoms with E-state index in [1.165, 1.54) is 54.3 Å². The molecule has 0 radical (unpaired) electrons. The number of nitrogens with one attached hydrogen (secondary N) is 1. The highest BCUT2D eigenvalue weighted by atomic mass is 16.5. The molecule has 2 aromatic rings. The van der Waals surface area contributed by atoms with Crippen molar-refractivity contribution >= 4 is 10.9 Å². The summed E-state index contributed by atoms with van der Waals surface area (Å²) in [6.07, 6.45) is 8.84. The maximum atomic E-state index is 5.99. The van der Waals surface area contributed by atoms with Gasteiger partial charge in [-0.15, -0.1) is 0 Å². The normalized spacial score (nSPS) is 21.8. The van der Waals surface area contributed by atoms with Gasteiger partial charge in [0.15, 0.2) is 0 Å². The molecule has 0 saturated carbocycles. The molecule has 1 aliphatic heterocycles. The van der Waals surface area contributed by atoms with Crippen LogP contribution in [0.25, 0.3) is 10.9 Å². The minimum atomic E-state index is 0.287. The molecule has 0 spiro atoms. The zero-order valence-electron chi connectivity index (χ0n) is 12.3.